The third-order valence-corrected chi connectivity index (χ3v) is 5.29. The first-order chi connectivity index (χ1) is 14.2. The number of ether oxygens (including phenoxy) is 2. The molecule has 8 nitrogen and oxygen atoms in total. The summed E-state index contributed by atoms with van der Waals surface area (Å²) >= 11 is 11.9. The molecule has 4 amide bonds. The van der Waals surface area contributed by atoms with Crippen LogP contribution in [-0.4, -0.2) is 43.5 Å². The number of methoxy groups -OCH3 is 2. The predicted molar refractivity (Wildman–Crippen MR) is 112 cm³/mol. The molecule has 3 rings (SSSR count). The molecule has 2 N–H and O–H groups in total. The highest BCUT2D eigenvalue weighted by Gasteiger charge is 2.49. The summed E-state index contributed by atoms with van der Waals surface area (Å²) in [6, 6.07) is 8.77. The van der Waals surface area contributed by atoms with Crippen molar-refractivity contribution in [1.29, 1.82) is 0 Å². The van der Waals surface area contributed by atoms with Gasteiger partial charge in [0.25, 0.3) is 5.91 Å². The van der Waals surface area contributed by atoms with Crippen LogP contribution in [0.5, 0.6) is 11.5 Å². The SMILES string of the molecule is COc1ccc(C2(C)NC(=O)N(CC(=O)Nc3ccc(Cl)cc3Cl)C2=O)cc1OC. The highest BCUT2D eigenvalue weighted by molar-refractivity contribution is 6.36. The molecule has 1 unspecified atom stereocenters. The van der Waals surface area contributed by atoms with E-state index >= 15 is 0 Å². The molecule has 1 heterocycles. The Balaban J connectivity index is 1.79. The number of urea groups is 1. The van der Waals surface area contributed by atoms with Gasteiger partial charge in [-0.05, 0) is 42.8 Å². The largest absolute Gasteiger partial charge is 0.493 e. The Morgan fingerprint density at radius 3 is 2.43 bits per heavy atom. The van der Waals surface area contributed by atoms with Crippen LogP contribution in [0.2, 0.25) is 10.0 Å². The van der Waals surface area contributed by atoms with Gasteiger partial charge in [-0.1, -0.05) is 29.3 Å². The maximum Gasteiger partial charge on any atom is 0.325 e. The first-order valence-corrected chi connectivity index (χ1v) is 9.56. The lowest BCUT2D eigenvalue weighted by Gasteiger charge is -2.23. The average molecular weight is 452 g/mol. The van der Waals surface area contributed by atoms with Gasteiger partial charge in [0.2, 0.25) is 5.91 Å². The summed E-state index contributed by atoms with van der Waals surface area (Å²) in [6.45, 7) is 1.08. The number of carbonyl (C=O) groups excluding carboxylic acids is 3. The van der Waals surface area contributed by atoms with E-state index in [-0.39, 0.29) is 5.02 Å². The summed E-state index contributed by atoms with van der Waals surface area (Å²) in [4.78, 5) is 38.8. The summed E-state index contributed by atoms with van der Waals surface area (Å²) < 4.78 is 10.5. The maximum absolute atomic E-state index is 13.0. The molecule has 0 radical (unpaired) electrons. The monoisotopic (exact) mass is 451 g/mol. The third-order valence-electron chi connectivity index (χ3n) is 4.74. The van der Waals surface area contributed by atoms with Gasteiger partial charge in [-0.2, -0.15) is 0 Å². The molecule has 0 aromatic heterocycles. The van der Waals surface area contributed by atoms with Crippen molar-refractivity contribution < 1.29 is 23.9 Å². The summed E-state index contributed by atoms with van der Waals surface area (Å²) in [6.07, 6.45) is 0. The van der Waals surface area contributed by atoms with E-state index in [2.05, 4.69) is 10.6 Å². The lowest BCUT2D eigenvalue weighted by Crippen LogP contribution is -2.42. The van der Waals surface area contributed by atoms with Crippen molar-refractivity contribution in [1.82, 2.24) is 10.2 Å². The summed E-state index contributed by atoms with van der Waals surface area (Å²) in [5, 5.41) is 5.86. The second-order valence-electron chi connectivity index (χ2n) is 6.69. The molecule has 158 valence electrons. The molecule has 1 aliphatic rings. The summed E-state index contributed by atoms with van der Waals surface area (Å²) in [7, 11) is 2.96. The molecule has 1 aliphatic heterocycles. The minimum Gasteiger partial charge on any atom is -0.493 e. The molecule has 0 saturated carbocycles. The fraction of sp³-hybridized carbons (Fsp3) is 0.250. The van der Waals surface area contributed by atoms with E-state index in [1.807, 2.05) is 0 Å². The number of rotatable bonds is 6. The number of imide groups is 1. The van der Waals surface area contributed by atoms with E-state index in [0.717, 1.165) is 4.90 Å². The van der Waals surface area contributed by atoms with E-state index in [4.69, 9.17) is 32.7 Å². The Morgan fingerprint density at radius 1 is 1.10 bits per heavy atom. The van der Waals surface area contributed by atoms with Crippen LogP contribution < -0.4 is 20.1 Å². The minimum absolute atomic E-state index is 0.239. The zero-order valence-electron chi connectivity index (χ0n) is 16.4. The molecular weight excluding hydrogens is 433 g/mol. The van der Waals surface area contributed by atoms with Crippen molar-refractivity contribution in [2.45, 2.75) is 12.5 Å². The standard InChI is InChI=1S/C20H19Cl2N3O5/c1-20(11-4-7-15(29-2)16(8-11)30-3)18(27)25(19(28)24-20)10-17(26)23-14-6-5-12(21)9-13(14)22/h4-9H,10H2,1-3H3,(H,23,26)(H,24,28). The van der Waals surface area contributed by atoms with Crippen LogP contribution in [0.25, 0.3) is 0 Å². The fourth-order valence-corrected chi connectivity index (χ4v) is 3.56. The number of nitrogens with zero attached hydrogens (tertiary/aromatic N) is 1. The number of benzene rings is 2. The fourth-order valence-electron chi connectivity index (χ4n) is 3.11. The maximum atomic E-state index is 13.0. The quantitative estimate of drug-likeness (QED) is 0.655. The number of amides is 4. The first kappa shape index (κ1) is 21.7. The Hall–Kier alpha value is -2.97. The van der Waals surface area contributed by atoms with Crippen molar-refractivity contribution in [3.05, 3.63) is 52.0 Å². The highest BCUT2D eigenvalue weighted by atomic mass is 35.5. The number of carbonyl (C=O) groups is 3. The molecular formula is C20H19Cl2N3O5. The minimum atomic E-state index is -1.37. The van der Waals surface area contributed by atoms with Gasteiger partial charge in [0, 0.05) is 5.02 Å². The lowest BCUT2D eigenvalue weighted by molar-refractivity contribution is -0.133. The van der Waals surface area contributed by atoms with Crippen LogP contribution >= 0.6 is 23.2 Å². The molecule has 0 aliphatic carbocycles. The van der Waals surface area contributed by atoms with E-state index in [1.165, 1.54) is 26.4 Å². The molecule has 2 aromatic carbocycles. The van der Waals surface area contributed by atoms with Crippen molar-refractivity contribution in [3.63, 3.8) is 0 Å². The van der Waals surface area contributed by atoms with Crippen molar-refractivity contribution in [2.24, 2.45) is 0 Å². The molecule has 30 heavy (non-hydrogen) atoms. The predicted octanol–water partition coefficient (Wildman–Crippen LogP) is 3.42. The van der Waals surface area contributed by atoms with Gasteiger partial charge >= 0.3 is 6.03 Å². The van der Waals surface area contributed by atoms with Gasteiger partial charge in [-0.25, -0.2) is 4.79 Å². The second kappa shape index (κ2) is 8.41. The second-order valence-corrected chi connectivity index (χ2v) is 7.53. The Morgan fingerprint density at radius 2 is 1.80 bits per heavy atom. The Kier molecular flexibility index (Phi) is 6.09. The molecule has 10 heteroatoms. The van der Waals surface area contributed by atoms with Crippen LogP contribution in [0, 0.1) is 0 Å². The lowest BCUT2D eigenvalue weighted by atomic mass is 9.91. The number of nitrogens with one attached hydrogen (secondary N) is 2. The first-order valence-electron chi connectivity index (χ1n) is 8.81. The van der Waals surface area contributed by atoms with Crippen molar-refractivity contribution in [3.8, 4) is 11.5 Å². The topological polar surface area (TPSA) is 97.0 Å². The highest BCUT2D eigenvalue weighted by Crippen LogP contribution is 2.35. The third kappa shape index (κ3) is 4.01. The van der Waals surface area contributed by atoms with Crippen LogP contribution in [-0.2, 0) is 15.1 Å². The molecule has 1 fully saturated rings. The van der Waals surface area contributed by atoms with Crippen LogP contribution in [0.15, 0.2) is 36.4 Å². The van der Waals surface area contributed by atoms with Gasteiger partial charge < -0.3 is 20.1 Å². The van der Waals surface area contributed by atoms with E-state index < -0.39 is 29.9 Å². The van der Waals surface area contributed by atoms with Gasteiger partial charge in [-0.3, -0.25) is 14.5 Å². The number of hydrogen-bond acceptors (Lipinski definition) is 5. The van der Waals surface area contributed by atoms with Crippen LogP contribution in [0.3, 0.4) is 0 Å². The Labute approximate surface area is 183 Å². The van der Waals surface area contributed by atoms with E-state index in [1.54, 1.807) is 31.2 Å². The van der Waals surface area contributed by atoms with Crippen LogP contribution in [0.4, 0.5) is 10.5 Å². The van der Waals surface area contributed by atoms with Crippen LogP contribution in [0.1, 0.15) is 12.5 Å². The normalized spacial score (nSPS) is 18.2. The zero-order chi connectivity index (χ0) is 22.1. The van der Waals surface area contributed by atoms with E-state index in [9.17, 15) is 14.4 Å². The number of halogens is 2. The van der Waals surface area contributed by atoms with E-state index in [0.29, 0.717) is 27.8 Å². The summed E-state index contributed by atoms with van der Waals surface area (Å²) in [5.74, 6) is -0.263. The molecule has 0 bridgehead atoms. The van der Waals surface area contributed by atoms with Gasteiger partial charge in [0.05, 0.1) is 24.9 Å². The zero-order valence-corrected chi connectivity index (χ0v) is 17.9. The van der Waals surface area contributed by atoms with Crippen molar-refractivity contribution in [2.75, 3.05) is 26.1 Å². The number of hydrogen-bond donors (Lipinski definition) is 2. The van der Waals surface area contributed by atoms with Gasteiger partial charge in [0.15, 0.2) is 11.5 Å². The summed E-state index contributed by atoms with van der Waals surface area (Å²) in [5.41, 5.74) is -0.558. The molecule has 0 spiro atoms. The number of anilines is 1. The van der Waals surface area contributed by atoms with Gasteiger partial charge in [0.1, 0.15) is 12.1 Å². The smallest absolute Gasteiger partial charge is 0.325 e. The van der Waals surface area contributed by atoms with Gasteiger partial charge in [-0.15, -0.1) is 0 Å². The molecule has 1 atom stereocenters. The average Bonchev–Trinajstić information content (AvgIpc) is 2.93. The van der Waals surface area contributed by atoms with Crippen molar-refractivity contribution >= 4 is 46.7 Å². The Bertz CT molecular complexity index is 1030. The molecule has 2 aromatic rings. The molecule has 1 saturated heterocycles.